The zero-order valence-corrected chi connectivity index (χ0v) is 20.8. The van der Waals surface area contributed by atoms with E-state index in [2.05, 4.69) is 14.8 Å². The first-order valence-electron chi connectivity index (χ1n) is 12.1. The summed E-state index contributed by atoms with van der Waals surface area (Å²) in [6, 6.07) is 9.62. The second-order valence-corrected chi connectivity index (χ2v) is 11.0. The maximum atomic E-state index is 13.6. The van der Waals surface area contributed by atoms with Gasteiger partial charge in [-0.1, -0.05) is 6.07 Å². The van der Waals surface area contributed by atoms with E-state index in [1.54, 1.807) is 19.2 Å². The summed E-state index contributed by atoms with van der Waals surface area (Å²) < 4.78 is 69.8. The normalized spacial score (nSPS) is 25.1. The lowest BCUT2D eigenvalue weighted by Crippen LogP contribution is -2.55. The summed E-state index contributed by atoms with van der Waals surface area (Å²) >= 11 is 0. The van der Waals surface area contributed by atoms with E-state index in [1.165, 1.54) is 12.1 Å². The molecule has 1 saturated carbocycles. The van der Waals surface area contributed by atoms with E-state index in [1.807, 2.05) is 17.0 Å². The van der Waals surface area contributed by atoms with Crippen LogP contribution in [0.3, 0.4) is 0 Å². The van der Waals surface area contributed by atoms with E-state index in [-0.39, 0.29) is 41.3 Å². The molecule has 3 aliphatic heterocycles. The van der Waals surface area contributed by atoms with Crippen LogP contribution in [0.2, 0.25) is 0 Å². The summed E-state index contributed by atoms with van der Waals surface area (Å²) in [5.74, 6) is 1.05. The van der Waals surface area contributed by atoms with Crippen molar-refractivity contribution in [3.63, 3.8) is 0 Å². The van der Waals surface area contributed by atoms with Crippen LogP contribution in [0.4, 0.5) is 8.78 Å². The number of fused-ring (bicyclic) bond motifs is 2. The molecular weight excluding hydrogens is 510 g/mol. The number of amides is 1. The number of alkyl halides is 2. The molecule has 6 rings (SSSR count). The highest BCUT2D eigenvalue weighted by Crippen LogP contribution is 2.52. The number of ether oxygens (including phenoxy) is 4. The quantitative estimate of drug-likeness (QED) is 0.521. The van der Waals surface area contributed by atoms with Gasteiger partial charge in [0.1, 0.15) is 17.6 Å². The molecule has 12 heteroatoms. The Balaban J connectivity index is 1.22. The fourth-order valence-electron chi connectivity index (χ4n) is 5.47. The number of methoxy groups -OCH3 is 1. The number of rotatable bonds is 7. The lowest BCUT2D eigenvalue weighted by molar-refractivity contribution is -0.286. The van der Waals surface area contributed by atoms with Crippen molar-refractivity contribution in [2.24, 2.45) is 5.92 Å². The van der Waals surface area contributed by atoms with Gasteiger partial charge in [-0.05, 0) is 42.7 Å². The Morgan fingerprint density at radius 3 is 2.57 bits per heavy atom. The minimum absolute atomic E-state index is 0.0209. The molecule has 3 heterocycles. The van der Waals surface area contributed by atoms with E-state index in [4.69, 9.17) is 9.47 Å². The summed E-state index contributed by atoms with van der Waals surface area (Å²) in [6.45, 7) is 1.19. The third kappa shape index (κ3) is 4.46. The zero-order chi connectivity index (χ0) is 25.9. The van der Waals surface area contributed by atoms with Gasteiger partial charge in [-0.15, -0.1) is 8.78 Å². The topological polar surface area (TPSA) is 103 Å². The Bertz CT molecular complexity index is 1320. The van der Waals surface area contributed by atoms with Crippen LogP contribution in [0.1, 0.15) is 36.4 Å². The van der Waals surface area contributed by atoms with Crippen molar-refractivity contribution in [1.82, 2.24) is 10.2 Å². The van der Waals surface area contributed by atoms with Gasteiger partial charge < -0.3 is 24.3 Å². The molecule has 1 saturated heterocycles. The third-order valence-corrected chi connectivity index (χ3v) is 8.24. The van der Waals surface area contributed by atoms with Crippen LogP contribution in [0, 0.1) is 5.92 Å². The number of hydrogen-bond acceptors (Lipinski definition) is 8. The number of nitrogens with zero attached hydrogens (tertiary/aromatic N) is 1. The van der Waals surface area contributed by atoms with Gasteiger partial charge >= 0.3 is 6.29 Å². The molecule has 2 aromatic carbocycles. The maximum absolute atomic E-state index is 13.6. The molecule has 0 bridgehead atoms. The highest BCUT2D eigenvalue weighted by atomic mass is 32.2. The van der Waals surface area contributed by atoms with Crippen molar-refractivity contribution in [2.75, 3.05) is 26.1 Å². The minimum Gasteiger partial charge on any atom is -0.497 e. The predicted molar refractivity (Wildman–Crippen MR) is 127 cm³/mol. The Hall–Kier alpha value is -3.12. The van der Waals surface area contributed by atoms with Gasteiger partial charge in [-0.25, -0.2) is 8.42 Å². The molecule has 1 aliphatic carbocycles. The second-order valence-electron chi connectivity index (χ2n) is 10.0. The molecule has 2 unspecified atom stereocenters. The monoisotopic (exact) mass is 536 g/mol. The number of benzene rings is 2. The Morgan fingerprint density at radius 1 is 1.11 bits per heavy atom. The molecule has 0 aromatic heterocycles. The van der Waals surface area contributed by atoms with Gasteiger partial charge in [0.25, 0.3) is 0 Å². The highest BCUT2D eigenvalue weighted by Gasteiger charge is 2.53. The Morgan fingerprint density at radius 2 is 1.86 bits per heavy atom. The predicted octanol–water partition coefficient (Wildman–Crippen LogP) is 2.56. The standard InChI is InChI=1S/C25H26F2N2O7S/c1-33-16-3-4-17-18(10-20(34-21(17)9-16)14-11-29(12-14)13-37(31)32)28-23(30)24(6-7-24)15-2-5-19-22(8-15)36-25(26,27)35-19/h2-5,8-9,14,18,20,37H,6-7,10-13H2,1H3,(H,28,30). The highest BCUT2D eigenvalue weighted by molar-refractivity contribution is 7.72. The van der Waals surface area contributed by atoms with Crippen LogP contribution in [0.25, 0.3) is 0 Å². The number of thiol groups is 1. The van der Waals surface area contributed by atoms with Crippen LogP contribution < -0.4 is 24.3 Å². The number of nitrogens with one attached hydrogen (secondary N) is 1. The van der Waals surface area contributed by atoms with Crippen molar-refractivity contribution in [3.8, 4) is 23.0 Å². The molecule has 198 valence electrons. The summed E-state index contributed by atoms with van der Waals surface area (Å²) in [5.41, 5.74) is 0.596. The fourth-order valence-corrected chi connectivity index (χ4v) is 6.02. The summed E-state index contributed by atoms with van der Waals surface area (Å²) in [4.78, 5) is 15.5. The molecule has 0 radical (unpaired) electrons. The molecule has 2 aromatic rings. The zero-order valence-electron chi connectivity index (χ0n) is 19.9. The smallest absolute Gasteiger partial charge is 0.497 e. The summed E-state index contributed by atoms with van der Waals surface area (Å²) in [7, 11) is -0.920. The first-order valence-corrected chi connectivity index (χ1v) is 13.4. The molecule has 4 aliphatic rings. The van der Waals surface area contributed by atoms with Crippen LogP contribution in [0.5, 0.6) is 23.0 Å². The largest absolute Gasteiger partial charge is 0.586 e. The first kappa shape index (κ1) is 24.2. The number of likely N-dealkylation sites (tertiary alicyclic amines) is 1. The van der Waals surface area contributed by atoms with Gasteiger partial charge in [0.05, 0.1) is 24.4 Å². The molecule has 37 heavy (non-hydrogen) atoms. The number of halogens is 2. The van der Waals surface area contributed by atoms with Crippen molar-refractivity contribution in [1.29, 1.82) is 0 Å². The average molecular weight is 537 g/mol. The van der Waals surface area contributed by atoms with E-state index in [0.717, 1.165) is 5.56 Å². The lowest BCUT2D eigenvalue weighted by atomic mass is 9.85. The van der Waals surface area contributed by atoms with E-state index in [0.29, 0.717) is 49.4 Å². The van der Waals surface area contributed by atoms with Crippen molar-refractivity contribution in [2.45, 2.75) is 43.1 Å². The number of hydrogen-bond donors (Lipinski definition) is 2. The van der Waals surface area contributed by atoms with Gasteiger partial charge in [0, 0.05) is 37.1 Å². The summed E-state index contributed by atoms with van der Waals surface area (Å²) in [6.07, 6.45) is -2.24. The van der Waals surface area contributed by atoms with Crippen LogP contribution >= 0.6 is 0 Å². The minimum atomic E-state index is -3.72. The van der Waals surface area contributed by atoms with Crippen LogP contribution in [0.15, 0.2) is 36.4 Å². The average Bonchev–Trinajstić information content (AvgIpc) is 3.57. The second kappa shape index (κ2) is 8.73. The lowest BCUT2D eigenvalue weighted by Gasteiger charge is -2.45. The van der Waals surface area contributed by atoms with Gasteiger partial charge in [-0.2, -0.15) is 0 Å². The van der Waals surface area contributed by atoms with Crippen LogP contribution in [-0.4, -0.2) is 57.7 Å². The van der Waals surface area contributed by atoms with Gasteiger partial charge in [0.15, 0.2) is 22.2 Å². The SMILES string of the molecule is COc1ccc2c(c1)OC(C1CN(C[SH](=O)=O)C1)CC2NC(=O)C1(c2ccc3c(c2)OC(F)(F)O3)CC1. The van der Waals surface area contributed by atoms with Crippen molar-refractivity contribution < 1.29 is 40.9 Å². The summed E-state index contributed by atoms with van der Waals surface area (Å²) in [5, 5.41) is 3.18. The molecule has 9 nitrogen and oxygen atoms in total. The maximum Gasteiger partial charge on any atom is 0.586 e. The molecule has 1 N–H and O–H groups in total. The first-order chi connectivity index (χ1) is 17.7. The molecule has 2 fully saturated rings. The van der Waals surface area contributed by atoms with Crippen molar-refractivity contribution in [3.05, 3.63) is 47.5 Å². The van der Waals surface area contributed by atoms with E-state index >= 15 is 0 Å². The fraction of sp³-hybridized carbons (Fsp3) is 0.480. The van der Waals surface area contributed by atoms with E-state index in [9.17, 15) is 22.0 Å². The molecule has 0 spiro atoms. The van der Waals surface area contributed by atoms with E-state index < -0.39 is 22.4 Å². The number of carbonyl (C=O) groups excluding carboxylic acids is 1. The Labute approximate surface area is 213 Å². The molecular formula is C25H26F2N2O7S. The number of carbonyl (C=O) groups is 1. The van der Waals surface area contributed by atoms with Crippen LogP contribution in [-0.2, 0) is 20.9 Å². The van der Waals surface area contributed by atoms with Crippen molar-refractivity contribution >= 4 is 16.6 Å². The van der Waals surface area contributed by atoms with Gasteiger partial charge in [-0.3, -0.25) is 9.69 Å². The van der Waals surface area contributed by atoms with Gasteiger partial charge in [0.2, 0.25) is 5.91 Å². The molecule has 2 atom stereocenters. The Kier molecular flexibility index (Phi) is 5.72. The molecule has 1 amide bonds. The third-order valence-electron chi connectivity index (χ3n) is 7.61.